The Morgan fingerprint density at radius 1 is 1.11 bits per heavy atom. The quantitative estimate of drug-likeness (QED) is 0.872. The Morgan fingerprint density at radius 2 is 1.74 bits per heavy atom. The van der Waals surface area contributed by atoms with Gasteiger partial charge in [-0.3, -0.25) is 0 Å². The highest BCUT2D eigenvalue weighted by atomic mass is 35.5. The first kappa shape index (κ1) is 14.0. The van der Waals surface area contributed by atoms with Crippen molar-refractivity contribution >= 4 is 11.6 Å². The molecule has 0 bridgehead atoms. The van der Waals surface area contributed by atoms with E-state index in [-0.39, 0.29) is 5.02 Å². The molecule has 0 aliphatic carbocycles. The van der Waals surface area contributed by atoms with E-state index in [1.165, 1.54) is 17.7 Å². The van der Waals surface area contributed by atoms with Crippen LogP contribution in [0.4, 0.5) is 4.39 Å². The van der Waals surface area contributed by atoms with Crippen LogP contribution in [0, 0.1) is 5.82 Å². The fraction of sp³-hybridized carbons (Fsp3) is 0.250. The molecular weight excluding hydrogens is 263 g/mol. The predicted octanol–water partition coefficient (Wildman–Crippen LogP) is 4.51. The van der Waals surface area contributed by atoms with Gasteiger partial charge in [-0.1, -0.05) is 55.3 Å². The highest BCUT2D eigenvalue weighted by Gasteiger charge is 2.12. The number of halogens is 2. The number of hydrogen-bond acceptors (Lipinski definition) is 1. The van der Waals surface area contributed by atoms with Gasteiger partial charge in [0, 0.05) is 0 Å². The molecule has 0 radical (unpaired) electrons. The van der Waals surface area contributed by atoms with E-state index in [4.69, 9.17) is 11.6 Å². The number of rotatable bonds is 4. The lowest BCUT2D eigenvalue weighted by atomic mass is 9.99. The normalized spacial score (nSPS) is 12.4. The summed E-state index contributed by atoms with van der Waals surface area (Å²) in [6, 6.07) is 12.1. The average molecular weight is 279 g/mol. The van der Waals surface area contributed by atoms with E-state index in [1.807, 2.05) is 24.3 Å². The standard InChI is InChI=1S/C16H16ClFO/c1-2-3-11-4-6-12(7-5-11)16(19)13-8-9-14(17)15(18)10-13/h4-10,16,19H,2-3H2,1H3. The second-order valence-corrected chi connectivity index (χ2v) is 4.97. The zero-order valence-electron chi connectivity index (χ0n) is 10.7. The van der Waals surface area contributed by atoms with Gasteiger partial charge in [-0.05, 0) is 35.2 Å². The van der Waals surface area contributed by atoms with Crippen molar-refractivity contribution in [3.8, 4) is 0 Å². The number of aliphatic hydroxyl groups is 1. The van der Waals surface area contributed by atoms with Crippen molar-refractivity contribution in [3.05, 3.63) is 70.0 Å². The van der Waals surface area contributed by atoms with Gasteiger partial charge in [0.2, 0.25) is 0 Å². The van der Waals surface area contributed by atoms with Crippen LogP contribution in [0.25, 0.3) is 0 Å². The van der Waals surface area contributed by atoms with Crippen LogP contribution in [0.3, 0.4) is 0 Å². The van der Waals surface area contributed by atoms with Gasteiger partial charge in [-0.2, -0.15) is 0 Å². The number of aliphatic hydroxyl groups excluding tert-OH is 1. The summed E-state index contributed by atoms with van der Waals surface area (Å²) >= 11 is 5.63. The van der Waals surface area contributed by atoms with Crippen molar-refractivity contribution in [3.63, 3.8) is 0 Å². The minimum Gasteiger partial charge on any atom is -0.384 e. The summed E-state index contributed by atoms with van der Waals surface area (Å²) in [5.74, 6) is -0.513. The van der Waals surface area contributed by atoms with Gasteiger partial charge in [0.1, 0.15) is 11.9 Å². The van der Waals surface area contributed by atoms with E-state index in [2.05, 4.69) is 6.92 Å². The molecule has 0 aliphatic heterocycles. The SMILES string of the molecule is CCCc1ccc(C(O)c2ccc(Cl)c(F)c2)cc1. The monoisotopic (exact) mass is 278 g/mol. The largest absolute Gasteiger partial charge is 0.384 e. The molecule has 2 aromatic carbocycles. The van der Waals surface area contributed by atoms with Gasteiger partial charge in [-0.25, -0.2) is 4.39 Å². The molecule has 3 heteroatoms. The molecule has 1 N–H and O–H groups in total. The van der Waals surface area contributed by atoms with E-state index in [1.54, 1.807) is 6.07 Å². The Morgan fingerprint density at radius 3 is 2.32 bits per heavy atom. The highest BCUT2D eigenvalue weighted by molar-refractivity contribution is 6.30. The Bertz CT molecular complexity index is 551. The summed E-state index contributed by atoms with van der Waals surface area (Å²) in [4.78, 5) is 0. The van der Waals surface area contributed by atoms with E-state index in [9.17, 15) is 9.50 Å². The Kier molecular flexibility index (Phi) is 4.56. The summed E-state index contributed by atoms with van der Waals surface area (Å²) in [6.07, 6.45) is 1.28. The first-order chi connectivity index (χ1) is 9.11. The van der Waals surface area contributed by atoms with Crippen molar-refractivity contribution in [1.82, 2.24) is 0 Å². The topological polar surface area (TPSA) is 20.2 Å². The Balaban J connectivity index is 2.22. The number of aryl methyl sites for hydroxylation is 1. The van der Waals surface area contributed by atoms with Crippen molar-refractivity contribution in [2.75, 3.05) is 0 Å². The van der Waals surface area contributed by atoms with Crippen molar-refractivity contribution < 1.29 is 9.50 Å². The van der Waals surface area contributed by atoms with Crippen molar-refractivity contribution in [1.29, 1.82) is 0 Å². The molecule has 0 saturated carbocycles. The van der Waals surface area contributed by atoms with Crippen LogP contribution in [-0.4, -0.2) is 5.11 Å². The number of hydrogen-bond donors (Lipinski definition) is 1. The van der Waals surface area contributed by atoms with Crippen LogP contribution < -0.4 is 0 Å². The molecule has 1 nitrogen and oxygen atoms in total. The zero-order chi connectivity index (χ0) is 13.8. The molecule has 0 saturated heterocycles. The lowest BCUT2D eigenvalue weighted by Gasteiger charge is -2.12. The van der Waals surface area contributed by atoms with Gasteiger partial charge in [0.25, 0.3) is 0 Å². The molecular formula is C16H16ClFO. The first-order valence-corrected chi connectivity index (χ1v) is 6.71. The smallest absolute Gasteiger partial charge is 0.142 e. The lowest BCUT2D eigenvalue weighted by Crippen LogP contribution is -2.00. The molecule has 100 valence electrons. The number of benzene rings is 2. The van der Waals surface area contributed by atoms with Gasteiger partial charge >= 0.3 is 0 Å². The van der Waals surface area contributed by atoms with E-state index in [0.717, 1.165) is 18.4 Å². The second-order valence-electron chi connectivity index (χ2n) is 4.57. The van der Waals surface area contributed by atoms with Crippen LogP contribution in [0.1, 0.15) is 36.1 Å². The summed E-state index contributed by atoms with van der Waals surface area (Å²) in [7, 11) is 0. The predicted molar refractivity (Wildman–Crippen MR) is 75.9 cm³/mol. The van der Waals surface area contributed by atoms with E-state index in [0.29, 0.717) is 5.56 Å². The first-order valence-electron chi connectivity index (χ1n) is 6.33. The Hall–Kier alpha value is -1.38. The zero-order valence-corrected chi connectivity index (χ0v) is 11.5. The second kappa shape index (κ2) is 6.18. The van der Waals surface area contributed by atoms with Crippen molar-refractivity contribution in [2.24, 2.45) is 0 Å². The Labute approximate surface area is 117 Å². The molecule has 0 aromatic heterocycles. The third kappa shape index (κ3) is 3.34. The van der Waals surface area contributed by atoms with Crippen LogP contribution in [0.2, 0.25) is 5.02 Å². The highest BCUT2D eigenvalue weighted by Crippen LogP contribution is 2.25. The minimum absolute atomic E-state index is 0.0641. The van der Waals surface area contributed by atoms with Crippen molar-refractivity contribution in [2.45, 2.75) is 25.9 Å². The molecule has 0 aliphatic rings. The third-order valence-electron chi connectivity index (χ3n) is 3.09. The van der Waals surface area contributed by atoms with Crippen LogP contribution in [0.15, 0.2) is 42.5 Å². The third-order valence-corrected chi connectivity index (χ3v) is 3.40. The summed E-state index contributed by atoms with van der Waals surface area (Å²) < 4.78 is 13.4. The molecule has 0 heterocycles. The summed E-state index contributed by atoms with van der Waals surface area (Å²) in [6.45, 7) is 2.12. The molecule has 2 aromatic rings. The van der Waals surface area contributed by atoms with Gasteiger partial charge in [-0.15, -0.1) is 0 Å². The maximum Gasteiger partial charge on any atom is 0.142 e. The maximum atomic E-state index is 13.4. The van der Waals surface area contributed by atoms with E-state index < -0.39 is 11.9 Å². The van der Waals surface area contributed by atoms with Crippen LogP contribution in [-0.2, 0) is 6.42 Å². The van der Waals surface area contributed by atoms with Gasteiger partial charge in [0.15, 0.2) is 0 Å². The molecule has 0 spiro atoms. The molecule has 1 atom stereocenters. The van der Waals surface area contributed by atoms with Crippen LogP contribution in [0.5, 0.6) is 0 Å². The molecule has 0 fully saturated rings. The lowest BCUT2D eigenvalue weighted by molar-refractivity contribution is 0.220. The van der Waals surface area contributed by atoms with Crippen LogP contribution >= 0.6 is 11.6 Å². The molecule has 19 heavy (non-hydrogen) atoms. The average Bonchev–Trinajstić information content (AvgIpc) is 2.42. The van der Waals surface area contributed by atoms with Gasteiger partial charge in [0.05, 0.1) is 5.02 Å². The maximum absolute atomic E-state index is 13.4. The fourth-order valence-electron chi connectivity index (χ4n) is 2.03. The molecule has 1 unspecified atom stereocenters. The molecule has 2 rings (SSSR count). The van der Waals surface area contributed by atoms with Gasteiger partial charge < -0.3 is 5.11 Å². The van der Waals surface area contributed by atoms with E-state index >= 15 is 0 Å². The fourth-order valence-corrected chi connectivity index (χ4v) is 2.15. The molecule has 0 amide bonds. The summed E-state index contributed by atoms with van der Waals surface area (Å²) in [5.41, 5.74) is 2.49. The summed E-state index contributed by atoms with van der Waals surface area (Å²) in [5, 5.41) is 10.3. The minimum atomic E-state index is -0.831.